The molecule has 1 N–H and O–H groups in total. The summed E-state index contributed by atoms with van der Waals surface area (Å²) in [7, 11) is 0. The molecule has 0 unspecified atom stereocenters. The molecule has 1 saturated heterocycles. The lowest BCUT2D eigenvalue weighted by atomic mass is 9.76. The summed E-state index contributed by atoms with van der Waals surface area (Å²) in [5.74, 6) is -2.70. The van der Waals surface area contributed by atoms with Crippen molar-refractivity contribution in [2.75, 3.05) is 19.7 Å². The van der Waals surface area contributed by atoms with Gasteiger partial charge in [-0.15, -0.1) is 11.3 Å². The molecule has 7 heteroatoms. The fraction of sp³-hybridized carbons (Fsp3) is 0.792. The number of thiophene rings is 1. The highest BCUT2D eigenvalue weighted by molar-refractivity contribution is 7.12. The average Bonchev–Trinajstić information content (AvgIpc) is 3.11. The van der Waals surface area contributed by atoms with Crippen LogP contribution in [0.25, 0.3) is 0 Å². The van der Waals surface area contributed by atoms with Crippen molar-refractivity contribution in [1.29, 1.82) is 0 Å². The van der Waals surface area contributed by atoms with E-state index in [4.69, 9.17) is 4.74 Å². The Balaban J connectivity index is 1.11. The fourth-order valence-corrected chi connectivity index (χ4v) is 7.22. The van der Waals surface area contributed by atoms with Gasteiger partial charge in [-0.2, -0.15) is 0 Å². The van der Waals surface area contributed by atoms with Gasteiger partial charge in [-0.1, -0.05) is 6.92 Å². The largest absolute Gasteiger partial charge is 0.370 e. The molecule has 4 nitrogen and oxygen atoms in total. The predicted molar refractivity (Wildman–Crippen MR) is 118 cm³/mol. The number of fused-ring (bicyclic) bond motifs is 2. The molecule has 3 fully saturated rings. The van der Waals surface area contributed by atoms with E-state index in [2.05, 4.69) is 30.1 Å². The molecule has 2 aliphatic carbocycles. The number of amides is 1. The first-order valence-electron chi connectivity index (χ1n) is 12.0. The van der Waals surface area contributed by atoms with Gasteiger partial charge >= 0.3 is 0 Å². The maximum absolute atomic E-state index is 13.0. The molecule has 2 aliphatic heterocycles. The van der Waals surface area contributed by atoms with Crippen LogP contribution in [0.15, 0.2) is 6.07 Å². The first-order chi connectivity index (χ1) is 14.8. The van der Waals surface area contributed by atoms with Crippen molar-refractivity contribution in [2.45, 2.75) is 88.8 Å². The van der Waals surface area contributed by atoms with E-state index in [1.807, 2.05) is 11.3 Å². The number of piperidine rings is 1. The summed E-state index contributed by atoms with van der Waals surface area (Å²) >= 11 is 1.97. The lowest BCUT2D eigenvalue weighted by Crippen LogP contribution is -2.55. The van der Waals surface area contributed by atoms with E-state index in [1.54, 1.807) is 0 Å². The molecular weight excluding hydrogens is 418 g/mol. The molecule has 31 heavy (non-hydrogen) atoms. The van der Waals surface area contributed by atoms with Gasteiger partial charge < -0.3 is 15.0 Å². The second kappa shape index (κ2) is 8.07. The SMILES string of the molecule is CCc1cc2c(s1)CCO[C@@]21CCN(C[C@H]2C[C@@H](NC(=O)C3CC(F)(F)C3)C2)[C@@H](C)C1. The molecule has 2 atom stereocenters. The van der Waals surface area contributed by atoms with Crippen LogP contribution >= 0.6 is 11.3 Å². The number of carbonyl (C=O) groups excluding carboxylic acids is 1. The highest BCUT2D eigenvalue weighted by atomic mass is 32.1. The van der Waals surface area contributed by atoms with Crippen LogP contribution in [0.5, 0.6) is 0 Å². The van der Waals surface area contributed by atoms with Crippen LogP contribution in [0.2, 0.25) is 0 Å². The van der Waals surface area contributed by atoms with E-state index in [0.717, 1.165) is 58.2 Å². The Kier molecular flexibility index (Phi) is 5.67. The Bertz CT molecular complexity index is 830. The molecule has 1 aromatic heterocycles. The summed E-state index contributed by atoms with van der Waals surface area (Å²) < 4.78 is 32.4. The summed E-state index contributed by atoms with van der Waals surface area (Å²) in [6, 6.07) is 3.04. The summed E-state index contributed by atoms with van der Waals surface area (Å²) in [4.78, 5) is 17.7. The Labute approximate surface area is 187 Å². The third-order valence-corrected chi connectivity index (χ3v) is 9.33. The van der Waals surface area contributed by atoms with Crippen LogP contribution in [0.3, 0.4) is 0 Å². The van der Waals surface area contributed by atoms with Crippen molar-refractivity contribution < 1.29 is 18.3 Å². The standard InChI is InChI=1S/C24H34F2N2O2S/c1-3-19-10-20-21(31-19)4-7-30-23(20)5-6-28(15(2)11-23)14-16-8-18(9-16)27-22(29)17-12-24(25,26)13-17/h10,15-18H,3-9,11-14H2,1-2H3,(H,27,29)/t15-,16-,18+,23+/m0/s1. The van der Waals surface area contributed by atoms with Crippen LogP contribution in [0.1, 0.15) is 67.7 Å². The molecule has 4 aliphatic rings. The second-order valence-electron chi connectivity index (χ2n) is 10.3. The summed E-state index contributed by atoms with van der Waals surface area (Å²) in [5, 5.41) is 2.99. The zero-order valence-corrected chi connectivity index (χ0v) is 19.4. The minimum absolute atomic E-state index is 0.103. The lowest BCUT2D eigenvalue weighted by molar-refractivity contribution is -0.151. The highest BCUT2D eigenvalue weighted by Gasteiger charge is 2.49. The minimum atomic E-state index is -2.63. The first kappa shape index (κ1) is 21.8. The normalized spacial score (nSPS) is 35.3. The second-order valence-corrected chi connectivity index (χ2v) is 11.5. The van der Waals surface area contributed by atoms with Crippen LogP contribution in [0.4, 0.5) is 8.78 Å². The average molecular weight is 453 g/mol. The number of carbonyl (C=O) groups is 1. The van der Waals surface area contributed by atoms with E-state index in [1.165, 1.54) is 15.3 Å². The molecule has 1 aromatic rings. The molecule has 2 saturated carbocycles. The molecule has 0 radical (unpaired) electrons. The quantitative estimate of drug-likeness (QED) is 0.715. The predicted octanol–water partition coefficient (Wildman–Crippen LogP) is 4.50. The van der Waals surface area contributed by atoms with Gasteiger partial charge in [-0.3, -0.25) is 4.79 Å². The van der Waals surface area contributed by atoms with Crippen molar-refractivity contribution in [3.8, 4) is 0 Å². The first-order valence-corrected chi connectivity index (χ1v) is 12.8. The van der Waals surface area contributed by atoms with Crippen LogP contribution in [0, 0.1) is 11.8 Å². The Morgan fingerprint density at radius 2 is 2.10 bits per heavy atom. The summed E-state index contributed by atoms with van der Waals surface area (Å²) in [6.45, 7) is 7.48. The number of alkyl halides is 2. The monoisotopic (exact) mass is 452 g/mol. The molecule has 172 valence electrons. The van der Waals surface area contributed by atoms with Gasteiger partial charge in [-0.05, 0) is 56.6 Å². The van der Waals surface area contributed by atoms with E-state index < -0.39 is 11.8 Å². The number of hydrogen-bond donors (Lipinski definition) is 1. The van der Waals surface area contributed by atoms with E-state index >= 15 is 0 Å². The number of aryl methyl sites for hydroxylation is 1. The number of rotatable bonds is 5. The van der Waals surface area contributed by atoms with Gasteiger partial charge in [0.15, 0.2) is 0 Å². The molecule has 0 aromatic carbocycles. The molecule has 0 bridgehead atoms. The Morgan fingerprint density at radius 1 is 1.32 bits per heavy atom. The van der Waals surface area contributed by atoms with Crippen molar-refractivity contribution in [2.24, 2.45) is 11.8 Å². The van der Waals surface area contributed by atoms with Crippen LogP contribution < -0.4 is 5.32 Å². The van der Waals surface area contributed by atoms with Gasteiger partial charge in [0.2, 0.25) is 11.8 Å². The number of hydrogen-bond acceptors (Lipinski definition) is 4. The minimum Gasteiger partial charge on any atom is -0.370 e. The third kappa shape index (κ3) is 4.18. The Morgan fingerprint density at radius 3 is 2.77 bits per heavy atom. The highest BCUT2D eigenvalue weighted by Crippen LogP contribution is 2.47. The molecule has 5 rings (SSSR count). The smallest absolute Gasteiger partial charge is 0.249 e. The number of ether oxygens (including phenoxy) is 1. The molecule has 1 amide bonds. The Hall–Kier alpha value is -1.05. The number of halogens is 2. The maximum Gasteiger partial charge on any atom is 0.249 e. The number of nitrogens with one attached hydrogen (secondary N) is 1. The third-order valence-electron chi connectivity index (χ3n) is 7.99. The van der Waals surface area contributed by atoms with Crippen molar-refractivity contribution >= 4 is 17.2 Å². The van der Waals surface area contributed by atoms with Gasteiger partial charge in [0.1, 0.15) is 0 Å². The number of likely N-dealkylation sites (tertiary alicyclic amines) is 1. The van der Waals surface area contributed by atoms with E-state index in [9.17, 15) is 13.6 Å². The molecular formula is C24H34F2N2O2S. The molecule has 3 heterocycles. The van der Waals surface area contributed by atoms with Crippen LogP contribution in [-0.2, 0) is 28.0 Å². The van der Waals surface area contributed by atoms with Gasteiger partial charge in [0, 0.05) is 60.1 Å². The van der Waals surface area contributed by atoms with Crippen molar-refractivity contribution in [1.82, 2.24) is 10.2 Å². The van der Waals surface area contributed by atoms with Crippen LogP contribution in [-0.4, -0.2) is 48.5 Å². The van der Waals surface area contributed by atoms with Gasteiger partial charge in [0.25, 0.3) is 0 Å². The zero-order valence-electron chi connectivity index (χ0n) is 18.6. The van der Waals surface area contributed by atoms with E-state index in [-0.39, 0.29) is 30.4 Å². The topological polar surface area (TPSA) is 41.6 Å². The zero-order chi connectivity index (χ0) is 21.8. The fourth-order valence-electron chi connectivity index (χ4n) is 6.05. The van der Waals surface area contributed by atoms with Gasteiger partial charge in [-0.25, -0.2) is 8.78 Å². The van der Waals surface area contributed by atoms with Crippen molar-refractivity contribution in [3.05, 3.63) is 21.4 Å². The van der Waals surface area contributed by atoms with E-state index in [0.29, 0.717) is 12.0 Å². The molecule has 1 spiro atoms. The number of nitrogens with zero attached hydrogens (tertiary/aromatic N) is 1. The summed E-state index contributed by atoms with van der Waals surface area (Å²) in [5.41, 5.74) is 1.36. The lowest BCUT2D eigenvalue weighted by Gasteiger charge is -2.49. The van der Waals surface area contributed by atoms with Gasteiger partial charge in [0.05, 0.1) is 12.2 Å². The summed E-state index contributed by atoms with van der Waals surface area (Å²) in [6.07, 6.45) is 5.61. The maximum atomic E-state index is 13.0. The van der Waals surface area contributed by atoms with Crippen molar-refractivity contribution in [3.63, 3.8) is 0 Å².